The van der Waals surface area contributed by atoms with Crippen molar-refractivity contribution in [3.05, 3.63) is 107 Å². The van der Waals surface area contributed by atoms with E-state index in [0.717, 1.165) is 34.2 Å². The Morgan fingerprint density at radius 2 is 1.61 bits per heavy atom. The van der Waals surface area contributed by atoms with Crippen LogP contribution in [0.3, 0.4) is 0 Å². The van der Waals surface area contributed by atoms with Crippen LogP contribution in [-0.4, -0.2) is 18.9 Å². The molecule has 152 valence electrons. The van der Waals surface area contributed by atoms with Crippen molar-refractivity contribution in [3.8, 4) is 11.1 Å². The van der Waals surface area contributed by atoms with Crippen molar-refractivity contribution in [2.75, 3.05) is 7.11 Å². The van der Waals surface area contributed by atoms with E-state index in [9.17, 15) is 9.59 Å². The molecule has 0 aromatic heterocycles. The molecule has 0 N–H and O–H groups in total. The van der Waals surface area contributed by atoms with E-state index in [1.165, 1.54) is 17.9 Å². The highest BCUT2D eigenvalue weighted by Gasteiger charge is 2.32. The van der Waals surface area contributed by atoms with Crippen LogP contribution < -0.4 is 0 Å². The maximum Gasteiger partial charge on any atom is 0.337 e. The van der Waals surface area contributed by atoms with Gasteiger partial charge in [-0.05, 0) is 64.1 Å². The Bertz CT molecular complexity index is 1300. The van der Waals surface area contributed by atoms with Crippen molar-refractivity contribution in [2.24, 2.45) is 5.92 Å². The lowest BCUT2D eigenvalue weighted by Crippen LogP contribution is -2.12. The second kappa shape index (κ2) is 7.84. The number of esters is 1. The zero-order valence-electron chi connectivity index (χ0n) is 17.3. The predicted molar refractivity (Wildman–Crippen MR) is 122 cm³/mol. The molecule has 31 heavy (non-hydrogen) atoms. The maximum atomic E-state index is 13.1. The summed E-state index contributed by atoms with van der Waals surface area (Å²) in [6, 6.07) is 28.2. The lowest BCUT2D eigenvalue weighted by molar-refractivity contribution is 0.0600. The Morgan fingerprint density at radius 3 is 2.39 bits per heavy atom. The lowest BCUT2D eigenvalue weighted by Gasteiger charge is -2.10. The Hall–Kier alpha value is -3.72. The second-order valence-electron chi connectivity index (χ2n) is 8.05. The van der Waals surface area contributed by atoms with E-state index < -0.39 is 0 Å². The van der Waals surface area contributed by atoms with Crippen molar-refractivity contribution >= 4 is 22.5 Å². The minimum Gasteiger partial charge on any atom is -0.465 e. The van der Waals surface area contributed by atoms with Gasteiger partial charge >= 0.3 is 5.97 Å². The third kappa shape index (κ3) is 3.53. The van der Waals surface area contributed by atoms with E-state index >= 15 is 0 Å². The fourth-order valence-electron chi connectivity index (χ4n) is 4.57. The van der Waals surface area contributed by atoms with Gasteiger partial charge in [-0.15, -0.1) is 0 Å². The monoisotopic (exact) mass is 406 g/mol. The van der Waals surface area contributed by atoms with Gasteiger partial charge in [0.05, 0.1) is 12.7 Å². The van der Waals surface area contributed by atoms with Gasteiger partial charge < -0.3 is 4.74 Å². The number of fused-ring (bicyclic) bond motifs is 2. The van der Waals surface area contributed by atoms with Crippen molar-refractivity contribution in [1.82, 2.24) is 0 Å². The summed E-state index contributed by atoms with van der Waals surface area (Å²) in [5.41, 5.74) is 5.82. The summed E-state index contributed by atoms with van der Waals surface area (Å²) in [4.78, 5) is 24.8. The summed E-state index contributed by atoms with van der Waals surface area (Å²) in [5, 5.41) is 2.41. The van der Waals surface area contributed by atoms with Crippen molar-refractivity contribution in [3.63, 3.8) is 0 Å². The van der Waals surface area contributed by atoms with Gasteiger partial charge in [0.25, 0.3) is 0 Å². The maximum absolute atomic E-state index is 13.1. The van der Waals surface area contributed by atoms with Gasteiger partial charge in [-0.1, -0.05) is 66.7 Å². The fraction of sp³-hybridized carbons (Fsp3) is 0.143. The molecule has 1 atom stereocenters. The van der Waals surface area contributed by atoms with E-state index in [0.29, 0.717) is 12.0 Å². The smallest absolute Gasteiger partial charge is 0.337 e. The molecule has 1 aliphatic rings. The fourth-order valence-corrected chi connectivity index (χ4v) is 4.57. The van der Waals surface area contributed by atoms with E-state index in [4.69, 9.17) is 4.74 Å². The second-order valence-corrected chi connectivity index (χ2v) is 8.05. The van der Waals surface area contributed by atoms with Gasteiger partial charge in [-0.2, -0.15) is 0 Å². The van der Waals surface area contributed by atoms with Gasteiger partial charge in [0.1, 0.15) is 0 Å². The molecule has 0 radical (unpaired) electrons. The molecule has 0 aliphatic heterocycles. The standard InChI is InChI=1S/C28H22O3/c1-31-28(30)20-11-9-18(10-12-20)15-23-17-26-24(7-4-8-25(26)27(23)29)22-14-13-19-5-2-3-6-21(19)16-22/h2-14,16,23H,15,17H2,1H3. The van der Waals surface area contributed by atoms with Gasteiger partial charge in [0.15, 0.2) is 5.78 Å². The van der Waals surface area contributed by atoms with E-state index in [1.807, 2.05) is 36.4 Å². The zero-order valence-corrected chi connectivity index (χ0v) is 17.3. The number of ketones is 1. The largest absolute Gasteiger partial charge is 0.465 e. The van der Waals surface area contributed by atoms with E-state index in [1.54, 1.807) is 12.1 Å². The highest BCUT2D eigenvalue weighted by atomic mass is 16.5. The quantitative estimate of drug-likeness (QED) is 0.397. The predicted octanol–water partition coefficient (Wildman–Crippen LogP) is 5.89. The molecule has 5 rings (SSSR count). The van der Waals surface area contributed by atoms with Crippen LogP contribution in [0.5, 0.6) is 0 Å². The molecule has 1 aliphatic carbocycles. The van der Waals surface area contributed by atoms with Crippen LogP contribution in [0.4, 0.5) is 0 Å². The minimum atomic E-state index is -0.351. The third-order valence-corrected chi connectivity index (χ3v) is 6.18. The molecule has 4 aromatic carbocycles. The molecule has 4 aromatic rings. The number of hydrogen-bond acceptors (Lipinski definition) is 3. The average Bonchev–Trinajstić information content (AvgIpc) is 3.14. The van der Waals surface area contributed by atoms with Gasteiger partial charge in [-0.25, -0.2) is 4.79 Å². The van der Waals surface area contributed by atoms with Crippen molar-refractivity contribution < 1.29 is 14.3 Å². The van der Waals surface area contributed by atoms with Crippen LogP contribution in [0.25, 0.3) is 21.9 Å². The number of carbonyl (C=O) groups is 2. The topological polar surface area (TPSA) is 43.4 Å². The molecule has 3 heteroatoms. The van der Waals surface area contributed by atoms with Crippen LogP contribution in [0.2, 0.25) is 0 Å². The van der Waals surface area contributed by atoms with Crippen LogP contribution in [0, 0.1) is 5.92 Å². The summed E-state index contributed by atoms with van der Waals surface area (Å²) in [7, 11) is 1.37. The molecule has 3 nitrogen and oxygen atoms in total. The van der Waals surface area contributed by atoms with Gasteiger partial charge in [-0.3, -0.25) is 4.79 Å². The Balaban J connectivity index is 1.43. The van der Waals surface area contributed by atoms with Crippen LogP contribution in [0.1, 0.15) is 31.8 Å². The average molecular weight is 406 g/mol. The Labute approximate surface area is 181 Å². The molecule has 0 spiro atoms. The summed E-state index contributed by atoms with van der Waals surface area (Å²) in [6.07, 6.45) is 1.39. The zero-order chi connectivity index (χ0) is 21.4. The molecular weight excluding hydrogens is 384 g/mol. The number of ether oxygens (including phenoxy) is 1. The number of rotatable bonds is 4. The van der Waals surface area contributed by atoms with Crippen LogP contribution in [-0.2, 0) is 17.6 Å². The van der Waals surface area contributed by atoms with Gasteiger partial charge in [0.2, 0.25) is 0 Å². The molecule has 0 saturated carbocycles. The number of hydrogen-bond donors (Lipinski definition) is 0. The van der Waals surface area contributed by atoms with Gasteiger partial charge in [0, 0.05) is 11.5 Å². The summed E-state index contributed by atoms with van der Waals surface area (Å²) in [5.74, 6) is -0.230. The van der Waals surface area contributed by atoms with E-state index in [-0.39, 0.29) is 17.7 Å². The first kappa shape index (κ1) is 19.3. The normalized spacial score (nSPS) is 15.1. The molecule has 0 amide bonds. The number of benzene rings is 4. The van der Waals surface area contributed by atoms with Crippen LogP contribution >= 0.6 is 0 Å². The Kier molecular flexibility index (Phi) is 4.87. The van der Waals surface area contributed by atoms with E-state index in [2.05, 4.69) is 36.4 Å². The first-order valence-electron chi connectivity index (χ1n) is 10.5. The molecule has 0 saturated heterocycles. The minimum absolute atomic E-state index is 0.0828. The summed E-state index contributed by atoms with van der Waals surface area (Å²) in [6.45, 7) is 0. The number of methoxy groups -OCH3 is 1. The molecule has 1 unspecified atom stereocenters. The number of carbonyl (C=O) groups excluding carboxylic acids is 2. The number of Topliss-reactive ketones (excluding diaryl/α,β-unsaturated/α-hetero) is 1. The van der Waals surface area contributed by atoms with Crippen molar-refractivity contribution in [2.45, 2.75) is 12.8 Å². The highest BCUT2D eigenvalue weighted by Crippen LogP contribution is 2.37. The Morgan fingerprint density at radius 1 is 0.871 bits per heavy atom. The summed E-state index contributed by atoms with van der Waals surface area (Å²) >= 11 is 0. The molecular formula is C28H22O3. The molecule has 0 heterocycles. The highest BCUT2D eigenvalue weighted by molar-refractivity contribution is 6.04. The van der Waals surface area contributed by atoms with Crippen LogP contribution in [0.15, 0.2) is 84.9 Å². The third-order valence-electron chi connectivity index (χ3n) is 6.18. The van der Waals surface area contributed by atoms with Crippen molar-refractivity contribution in [1.29, 1.82) is 0 Å². The molecule has 0 fully saturated rings. The summed E-state index contributed by atoms with van der Waals surface area (Å²) < 4.78 is 4.76. The first-order chi connectivity index (χ1) is 15.1. The molecule has 0 bridgehead atoms. The SMILES string of the molecule is COC(=O)c1ccc(CC2Cc3c(cccc3-c3ccc4ccccc4c3)C2=O)cc1. The lowest BCUT2D eigenvalue weighted by atomic mass is 9.93. The first-order valence-corrected chi connectivity index (χ1v) is 10.5.